The summed E-state index contributed by atoms with van der Waals surface area (Å²) in [6.45, 7) is 12.1. The van der Waals surface area contributed by atoms with Crippen molar-refractivity contribution in [1.82, 2.24) is 10.2 Å². The lowest BCUT2D eigenvalue weighted by molar-refractivity contribution is 0.274. The van der Waals surface area contributed by atoms with Crippen molar-refractivity contribution in [1.29, 1.82) is 0 Å². The predicted molar refractivity (Wildman–Crippen MR) is 84.2 cm³/mol. The highest BCUT2D eigenvalue weighted by molar-refractivity contribution is 5.27. The first-order valence-electron chi connectivity index (χ1n) is 7.51. The lowest BCUT2D eigenvalue weighted by Crippen LogP contribution is -2.26. The first-order chi connectivity index (χ1) is 9.02. The number of rotatable bonds is 8. The Labute approximate surface area is 119 Å². The van der Waals surface area contributed by atoms with Crippen molar-refractivity contribution in [2.24, 2.45) is 5.92 Å². The monoisotopic (exact) mass is 262 g/mol. The Balaban J connectivity index is 2.61. The van der Waals surface area contributed by atoms with E-state index in [1.54, 1.807) is 0 Å². The van der Waals surface area contributed by atoms with Crippen LogP contribution in [0.5, 0.6) is 0 Å². The van der Waals surface area contributed by atoms with Crippen molar-refractivity contribution < 1.29 is 0 Å². The van der Waals surface area contributed by atoms with Crippen LogP contribution < -0.4 is 5.32 Å². The standard InChI is InChI=1S/C17H30N2/c1-6-15(4)12-19(5)13-17-10-8-7-9-16(17)11-18-14(2)3/h7-10,14-15,18H,6,11-13H2,1-5H3. The number of hydrogen-bond acceptors (Lipinski definition) is 2. The molecule has 0 radical (unpaired) electrons. The van der Waals surface area contributed by atoms with E-state index in [0.29, 0.717) is 6.04 Å². The molecule has 0 saturated heterocycles. The van der Waals surface area contributed by atoms with E-state index in [0.717, 1.165) is 19.0 Å². The van der Waals surface area contributed by atoms with Gasteiger partial charge >= 0.3 is 0 Å². The fraction of sp³-hybridized carbons (Fsp3) is 0.647. The SMILES string of the molecule is CCC(C)CN(C)Cc1ccccc1CNC(C)C. The molecule has 2 nitrogen and oxygen atoms in total. The van der Waals surface area contributed by atoms with Crippen molar-refractivity contribution in [3.05, 3.63) is 35.4 Å². The predicted octanol–water partition coefficient (Wildman–Crippen LogP) is 3.66. The summed E-state index contributed by atoms with van der Waals surface area (Å²) in [5.74, 6) is 0.769. The normalized spacial score (nSPS) is 13.2. The molecule has 2 heteroatoms. The zero-order valence-electron chi connectivity index (χ0n) is 13.2. The highest BCUT2D eigenvalue weighted by Crippen LogP contribution is 2.13. The maximum Gasteiger partial charge on any atom is 0.0234 e. The van der Waals surface area contributed by atoms with Gasteiger partial charge in [0.25, 0.3) is 0 Å². The maximum atomic E-state index is 3.51. The highest BCUT2D eigenvalue weighted by atomic mass is 15.1. The Kier molecular flexibility index (Phi) is 7.11. The minimum atomic E-state index is 0.533. The van der Waals surface area contributed by atoms with E-state index in [4.69, 9.17) is 0 Å². The molecule has 1 aromatic rings. The third kappa shape index (κ3) is 6.22. The average molecular weight is 262 g/mol. The number of hydrogen-bond donors (Lipinski definition) is 1. The summed E-state index contributed by atoms with van der Waals surface area (Å²) < 4.78 is 0. The van der Waals surface area contributed by atoms with Crippen LogP contribution in [0.25, 0.3) is 0 Å². The van der Waals surface area contributed by atoms with Crippen LogP contribution in [-0.4, -0.2) is 24.5 Å². The number of nitrogens with one attached hydrogen (secondary N) is 1. The average Bonchev–Trinajstić information content (AvgIpc) is 2.37. The largest absolute Gasteiger partial charge is 0.310 e. The summed E-state index contributed by atoms with van der Waals surface area (Å²) in [5.41, 5.74) is 2.87. The quantitative estimate of drug-likeness (QED) is 0.769. The fourth-order valence-electron chi connectivity index (χ4n) is 2.21. The molecule has 0 spiro atoms. The van der Waals surface area contributed by atoms with E-state index in [-0.39, 0.29) is 0 Å². The van der Waals surface area contributed by atoms with Gasteiger partial charge in [-0.2, -0.15) is 0 Å². The third-order valence-electron chi connectivity index (χ3n) is 3.58. The lowest BCUT2D eigenvalue weighted by Gasteiger charge is -2.22. The van der Waals surface area contributed by atoms with Gasteiger partial charge in [-0.15, -0.1) is 0 Å². The Hall–Kier alpha value is -0.860. The first kappa shape index (κ1) is 16.2. The second-order valence-corrected chi connectivity index (χ2v) is 6.01. The number of nitrogens with zero attached hydrogens (tertiary/aromatic N) is 1. The van der Waals surface area contributed by atoms with Crippen molar-refractivity contribution in [2.45, 2.75) is 53.2 Å². The maximum absolute atomic E-state index is 3.51. The third-order valence-corrected chi connectivity index (χ3v) is 3.58. The van der Waals surface area contributed by atoms with Crippen LogP contribution in [0.2, 0.25) is 0 Å². The van der Waals surface area contributed by atoms with Gasteiger partial charge in [0.15, 0.2) is 0 Å². The minimum absolute atomic E-state index is 0.533. The molecule has 108 valence electrons. The molecule has 1 rings (SSSR count). The molecule has 0 fully saturated rings. The Morgan fingerprint density at radius 1 is 1.11 bits per heavy atom. The van der Waals surface area contributed by atoms with Crippen molar-refractivity contribution in [3.63, 3.8) is 0 Å². The van der Waals surface area contributed by atoms with Gasteiger partial charge in [-0.05, 0) is 24.1 Å². The molecule has 0 heterocycles. The molecular formula is C17H30N2. The first-order valence-corrected chi connectivity index (χ1v) is 7.51. The molecule has 1 aromatic carbocycles. The van der Waals surface area contributed by atoms with Gasteiger partial charge in [-0.25, -0.2) is 0 Å². The summed E-state index contributed by atoms with van der Waals surface area (Å²) in [4.78, 5) is 2.43. The Morgan fingerprint density at radius 3 is 2.32 bits per heavy atom. The number of benzene rings is 1. The topological polar surface area (TPSA) is 15.3 Å². The zero-order chi connectivity index (χ0) is 14.3. The van der Waals surface area contributed by atoms with E-state index in [9.17, 15) is 0 Å². The van der Waals surface area contributed by atoms with Crippen LogP contribution in [0, 0.1) is 5.92 Å². The minimum Gasteiger partial charge on any atom is -0.310 e. The van der Waals surface area contributed by atoms with Gasteiger partial charge < -0.3 is 10.2 Å². The van der Waals surface area contributed by atoms with Crippen molar-refractivity contribution in [2.75, 3.05) is 13.6 Å². The van der Waals surface area contributed by atoms with Gasteiger partial charge in [0, 0.05) is 25.7 Å². The summed E-state index contributed by atoms with van der Waals surface area (Å²) in [6.07, 6.45) is 1.25. The van der Waals surface area contributed by atoms with Crippen LogP contribution in [0.3, 0.4) is 0 Å². The molecule has 0 bridgehead atoms. The molecule has 1 N–H and O–H groups in total. The van der Waals surface area contributed by atoms with E-state index in [2.05, 4.69) is 69.2 Å². The molecule has 1 unspecified atom stereocenters. The second-order valence-electron chi connectivity index (χ2n) is 6.01. The van der Waals surface area contributed by atoms with E-state index < -0.39 is 0 Å². The molecule has 0 saturated carbocycles. The van der Waals surface area contributed by atoms with Crippen LogP contribution in [-0.2, 0) is 13.1 Å². The van der Waals surface area contributed by atoms with Crippen molar-refractivity contribution in [3.8, 4) is 0 Å². The van der Waals surface area contributed by atoms with Gasteiger partial charge in [0.05, 0.1) is 0 Å². The van der Waals surface area contributed by atoms with E-state index >= 15 is 0 Å². The van der Waals surface area contributed by atoms with E-state index in [1.165, 1.54) is 24.1 Å². The van der Waals surface area contributed by atoms with Crippen LogP contribution in [0.1, 0.15) is 45.2 Å². The molecule has 0 aromatic heterocycles. The Morgan fingerprint density at radius 2 is 1.74 bits per heavy atom. The van der Waals surface area contributed by atoms with Gasteiger partial charge in [-0.1, -0.05) is 58.4 Å². The summed E-state index contributed by atoms with van der Waals surface area (Å²) in [5, 5.41) is 3.51. The molecular weight excluding hydrogens is 232 g/mol. The van der Waals surface area contributed by atoms with Gasteiger partial charge in [-0.3, -0.25) is 0 Å². The van der Waals surface area contributed by atoms with Crippen LogP contribution >= 0.6 is 0 Å². The fourth-order valence-corrected chi connectivity index (χ4v) is 2.21. The molecule has 0 aliphatic carbocycles. The summed E-state index contributed by atoms with van der Waals surface area (Å²) in [6, 6.07) is 9.30. The summed E-state index contributed by atoms with van der Waals surface area (Å²) >= 11 is 0. The van der Waals surface area contributed by atoms with E-state index in [1.807, 2.05) is 0 Å². The van der Waals surface area contributed by atoms with Crippen molar-refractivity contribution >= 4 is 0 Å². The molecule has 0 amide bonds. The molecule has 0 aliphatic heterocycles. The molecule has 19 heavy (non-hydrogen) atoms. The lowest BCUT2D eigenvalue weighted by atomic mass is 10.1. The van der Waals surface area contributed by atoms with Gasteiger partial charge in [0.1, 0.15) is 0 Å². The molecule has 0 aliphatic rings. The highest BCUT2D eigenvalue weighted by Gasteiger charge is 2.08. The zero-order valence-corrected chi connectivity index (χ0v) is 13.2. The second kappa shape index (κ2) is 8.34. The van der Waals surface area contributed by atoms with Crippen LogP contribution in [0.4, 0.5) is 0 Å². The summed E-state index contributed by atoms with van der Waals surface area (Å²) in [7, 11) is 2.22. The van der Waals surface area contributed by atoms with Crippen LogP contribution in [0.15, 0.2) is 24.3 Å². The smallest absolute Gasteiger partial charge is 0.0234 e. The molecule has 1 atom stereocenters. The van der Waals surface area contributed by atoms with Gasteiger partial charge in [0.2, 0.25) is 0 Å². The Bertz CT molecular complexity index is 360.